The summed E-state index contributed by atoms with van der Waals surface area (Å²) in [4.78, 5) is 0. The van der Waals surface area contributed by atoms with Crippen LogP contribution in [0.15, 0.2) is 18.2 Å². The Kier molecular flexibility index (Phi) is 3.59. The van der Waals surface area contributed by atoms with Gasteiger partial charge in [0.25, 0.3) is 0 Å². The van der Waals surface area contributed by atoms with Crippen LogP contribution in [0, 0.1) is 5.82 Å². The van der Waals surface area contributed by atoms with Gasteiger partial charge in [-0.05, 0) is 44.9 Å². The fourth-order valence-corrected chi connectivity index (χ4v) is 2.24. The lowest BCUT2D eigenvalue weighted by Gasteiger charge is -2.19. The van der Waals surface area contributed by atoms with Gasteiger partial charge in [-0.2, -0.15) is 0 Å². The SMILES string of the molecule is CC1(C)CCC(CNc2ccc(Cl)cc2F)O1. The number of benzene rings is 1. The number of ether oxygens (including phenoxy) is 1. The van der Waals surface area contributed by atoms with E-state index in [4.69, 9.17) is 16.3 Å². The Bertz CT molecular complexity index is 408. The van der Waals surface area contributed by atoms with Crippen molar-refractivity contribution in [3.8, 4) is 0 Å². The molecule has 0 aliphatic carbocycles. The van der Waals surface area contributed by atoms with E-state index >= 15 is 0 Å². The Hall–Kier alpha value is -0.800. The zero-order valence-corrected chi connectivity index (χ0v) is 10.9. The highest BCUT2D eigenvalue weighted by atomic mass is 35.5. The molecule has 1 unspecified atom stereocenters. The van der Waals surface area contributed by atoms with Crippen LogP contribution in [-0.2, 0) is 4.74 Å². The van der Waals surface area contributed by atoms with Crippen molar-refractivity contribution in [2.75, 3.05) is 11.9 Å². The van der Waals surface area contributed by atoms with Crippen molar-refractivity contribution in [1.29, 1.82) is 0 Å². The van der Waals surface area contributed by atoms with Crippen molar-refractivity contribution < 1.29 is 9.13 Å². The van der Waals surface area contributed by atoms with Crippen LogP contribution in [0.1, 0.15) is 26.7 Å². The minimum Gasteiger partial charge on any atom is -0.380 e. The highest BCUT2D eigenvalue weighted by Gasteiger charge is 2.31. The van der Waals surface area contributed by atoms with Gasteiger partial charge in [-0.3, -0.25) is 0 Å². The van der Waals surface area contributed by atoms with Gasteiger partial charge in [-0.25, -0.2) is 4.39 Å². The molecule has 1 heterocycles. The second-order valence-electron chi connectivity index (χ2n) is 5.04. The quantitative estimate of drug-likeness (QED) is 0.888. The molecule has 1 fully saturated rings. The first kappa shape index (κ1) is 12.7. The lowest BCUT2D eigenvalue weighted by molar-refractivity contribution is -0.00912. The molecule has 17 heavy (non-hydrogen) atoms. The van der Waals surface area contributed by atoms with Gasteiger partial charge in [0.05, 0.1) is 17.4 Å². The Morgan fingerprint density at radius 2 is 2.29 bits per heavy atom. The molecule has 1 saturated heterocycles. The molecule has 1 aromatic carbocycles. The summed E-state index contributed by atoms with van der Waals surface area (Å²) in [5.74, 6) is -0.324. The Labute approximate surface area is 106 Å². The first-order chi connectivity index (χ1) is 7.96. The van der Waals surface area contributed by atoms with Gasteiger partial charge >= 0.3 is 0 Å². The number of halogens is 2. The number of rotatable bonds is 3. The van der Waals surface area contributed by atoms with Crippen molar-refractivity contribution in [2.45, 2.75) is 38.4 Å². The summed E-state index contributed by atoms with van der Waals surface area (Å²) < 4.78 is 19.3. The predicted octanol–water partition coefficient (Wildman–Crippen LogP) is 3.85. The lowest BCUT2D eigenvalue weighted by Crippen LogP contribution is -2.25. The highest BCUT2D eigenvalue weighted by molar-refractivity contribution is 6.30. The van der Waals surface area contributed by atoms with Crippen LogP contribution in [0.25, 0.3) is 0 Å². The summed E-state index contributed by atoms with van der Waals surface area (Å²) in [7, 11) is 0. The Morgan fingerprint density at radius 3 is 2.88 bits per heavy atom. The molecular weight excluding hydrogens is 241 g/mol. The van der Waals surface area contributed by atoms with Crippen molar-refractivity contribution >= 4 is 17.3 Å². The summed E-state index contributed by atoms with van der Waals surface area (Å²) in [5, 5.41) is 3.47. The van der Waals surface area contributed by atoms with Crippen LogP contribution in [0.3, 0.4) is 0 Å². The van der Waals surface area contributed by atoms with Gasteiger partial charge in [0.15, 0.2) is 0 Å². The minimum atomic E-state index is -0.324. The Balaban J connectivity index is 1.90. The fourth-order valence-electron chi connectivity index (χ4n) is 2.08. The summed E-state index contributed by atoms with van der Waals surface area (Å²) in [5.41, 5.74) is 0.424. The van der Waals surface area contributed by atoms with Crippen LogP contribution in [0.4, 0.5) is 10.1 Å². The molecule has 0 aromatic heterocycles. The van der Waals surface area contributed by atoms with E-state index in [9.17, 15) is 4.39 Å². The average Bonchev–Trinajstić information content (AvgIpc) is 2.57. The number of hydrogen-bond donors (Lipinski definition) is 1. The van der Waals surface area contributed by atoms with E-state index in [0.29, 0.717) is 17.3 Å². The maximum Gasteiger partial charge on any atom is 0.147 e. The standard InChI is InChI=1S/C13H17ClFNO/c1-13(2)6-5-10(17-13)8-16-12-4-3-9(14)7-11(12)15/h3-4,7,10,16H,5-6,8H2,1-2H3. The normalized spacial score (nSPS) is 22.7. The van der Waals surface area contributed by atoms with Gasteiger partial charge in [0.2, 0.25) is 0 Å². The second kappa shape index (κ2) is 4.83. The van der Waals surface area contributed by atoms with Crippen molar-refractivity contribution in [3.05, 3.63) is 29.0 Å². The summed E-state index contributed by atoms with van der Waals surface area (Å²) in [6.07, 6.45) is 2.21. The lowest BCUT2D eigenvalue weighted by atomic mass is 10.1. The predicted molar refractivity (Wildman–Crippen MR) is 68.1 cm³/mol. The molecule has 1 aliphatic heterocycles. The molecule has 1 N–H and O–H groups in total. The van der Waals surface area contributed by atoms with Crippen LogP contribution in [-0.4, -0.2) is 18.2 Å². The molecule has 1 atom stereocenters. The Morgan fingerprint density at radius 1 is 1.53 bits per heavy atom. The van der Waals surface area contributed by atoms with E-state index in [1.165, 1.54) is 6.07 Å². The monoisotopic (exact) mass is 257 g/mol. The van der Waals surface area contributed by atoms with Crippen LogP contribution in [0.5, 0.6) is 0 Å². The first-order valence-corrected chi connectivity index (χ1v) is 6.21. The number of hydrogen-bond acceptors (Lipinski definition) is 2. The van der Waals surface area contributed by atoms with E-state index in [2.05, 4.69) is 19.2 Å². The molecule has 0 spiro atoms. The van der Waals surface area contributed by atoms with Gasteiger partial charge in [-0.1, -0.05) is 11.6 Å². The van der Waals surface area contributed by atoms with Crippen LogP contribution in [0.2, 0.25) is 5.02 Å². The molecular formula is C13H17ClFNO. The topological polar surface area (TPSA) is 21.3 Å². The molecule has 0 radical (unpaired) electrons. The van der Waals surface area contributed by atoms with Crippen molar-refractivity contribution in [2.24, 2.45) is 0 Å². The largest absolute Gasteiger partial charge is 0.380 e. The van der Waals surface area contributed by atoms with E-state index in [1.807, 2.05) is 0 Å². The van der Waals surface area contributed by atoms with Crippen molar-refractivity contribution in [3.63, 3.8) is 0 Å². The molecule has 4 heteroatoms. The second-order valence-corrected chi connectivity index (χ2v) is 5.48. The summed E-state index contributed by atoms with van der Waals surface area (Å²) in [6, 6.07) is 4.63. The van der Waals surface area contributed by atoms with Gasteiger partial charge in [-0.15, -0.1) is 0 Å². The van der Waals surface area contributed by atoms with Gasteiger partial charge < -0.3 is 10.1 Å². The van der Waals surface area contributed by atoms with Gasteiger partial charge in [0.1, 0.15) is 5.82 Å². The van der Waals surface area contributed by atoms with Crippen LogP contribution < -0.4 is 5.32 Å². The molecule has 0 amide bonds. The molecule has 2 rings (SSSR count). The van der Waals surface area contributed by atoms with Crippen LogP contribution >= 0.6 is 11.6 Å². The third kappa shape index (κ3) is 3.33. The summed E-state index contributed by atoms with van der Waals surface area (Å²) in [6.45, 7) is 4.79. The third-order valence-electron chi connectivity index (χ3n) is 3.01. The number of nitrogens with one attached hydrogen (secondary N) is 1. The maximum atomic E-state index is 13.5. The van der Waals surface area contributed by atoms with E-state index < -0.39 is 0 Å². The average molecular weight is 258 g/mol. The number of anilines is 1. The van der Waals surface area contributed by atoms with E-state index in [1.54, 1.807) is 12.1 Å². The fraction of sp³-hybridized carbons (Fsp3) is 0.538. The molecule has 0 bridgehead atoms. The van der Waals surface area contributed by atoms with E-state index in [-0.39, 0.29) is 17.5 Å². The first-order valence-electron chi connectivity index (χ1n) is 5.83. The molecule has 1 aliphatic rings. The van der Waals surface area contributed by atoms with E-state index in [0.717, 1.165) is 12.8 Å². The highest BCUT2D eigenvalue weighted by Crippen LogP contribution is 2.29. The minimum absolute atomic E-state index is 0.0507. The molecule has 94 valence electrons. The third-order valence-corrected chi connectivity index (χ3v) is 3.24. The molecule has 2 nitrogen and oxygen atoms in total. The molecule has 0 saturated carbocycles. The summed E-state index contributed by atoms with van der Waals surface area (Å²) >= 11 is 5.69. The molecule has 1 aromatic rings. The van der Waals surface area contributed by atoms with Crippen molar-refractivity contribution in [1.82, 2.24) is 0 Å². The maximum absolute atomic E-state index is 13.5. The smallest absolute Gasteiger partial charge is 0.147 e. The zero-order chi connectivity index (χ0) is 12.5. The zero-order valence-electron chi connectivity index (χ0n) is 10.1. The van der Waals surface area contributed by atoms with Gasteiger partial charge in [0, 0.05) is 11.6 Å².